The Hall–Kier alpha value is -2.26. The molecular weight excluding hydrogens is 337 g/mol. The fourth-order valence-electron chi connectivity index (χ4n) is 2.90. The van der Waals surface area contributed by atoms with Crippen LogP contribution in [0.15, 0.2) is 41.8 Å². The van der Waals surface area contributed by atoms with Gasteiger partial charge in [-0.2, -0.15) is 4.31 Å². The molecule has 0 aromatic heterocycles. The molecule has 0 spiro atoms. The third-order valence-corrected chi connectivity index (χ3v) is 6.01. The minimum Gasteiger partial charge on any atom is -0.310 e. The number of nitrogens with zero attached hydrogens (tertiary/aromatic N) is 3. The first-order valence-electron chi connectivity index (χ1n) is 7.35. The van der Waals surface area contributed by atoms with Crippen molar-refractivity contribution in [2.75, 3.05) is 26.2 Å². The van der Waals surface area contributed by atoms with Crippen LogP contribution in [0.3, 0.4) is 0 Å². The van der Waals surface area contributed by atoms with Crippen molar-refractivity contribution in [1.29, 1.82) is 0 Å². The highest BCUT2D eigenvalue weighted by Gasteiger charge is 2.49. The highest BCUT2D eigenvalue weighted by atomic mass is 32.2. The van der Waals surface area contributed by atoms with Gasteiger partial charge in [0.25, 0.3) is 5.91 Å². The van der Waals surface area contributed by atoms with E-state index < -0.39 is 33.8 Å². The van der Waals surface area contributed by atoms with Gasteiger partial charge in [-0.1, -0.05) is 6.08 Å². The summed E-state index contributed by atoms with van der Waals surface area (Å²) in [7, 11) is -3.85. The van der Waals surface area contributed by atoms with Gasteiger partial charge in [-0.3, -0.25) is 9.69 Å². The quantitative estimate of drug-likeness (QED) is 0.588. The Balaban J connectivity index is 1.84. The van der Waals surface area contributed by atoms with Crippen molar-refractivity contribution in [1.82, 2.24) is 14.1 Å². The highest BCUT2D eigenvalue weighted by Crippen LogP contribution is 2.26. The van der Waals surface area contributed by atoms with E-state index in [-0.39, 0.29) is 31.1 Å². The molecule has 7 nitrogen and oxygen atoms in total. The third-order valence-electron chi connectivity index (χ3n) is 4.13. The Morgan fingerprint density at radius 3 is 2.50 bits per heavy atom. The summed E-state index contributed by atoms with van der Waals surface area (Å²) < 4.78 is 39.4. The molecule has 2 aliphatic rings. The molecule has 0 unspecified atom stereocenters. The number of carbonyl (C=O) groups excluding carboxylic acids is 2. The van der Waals surface area contributed by atoms with Gasteiger partial charge in [-0.15, -0.1) is 6.58 Å². The topological polar surface area (TPSA) is 78.0 Å². The van der Waals surface area contributed by atoms with Crippen LogP contribution in [0, 0.1) is 5.82 Å². The molecule has 2 saturated heterocycles. The first-order valence-corrected chi connectivity index (χ1v) is 8.79. The molecule has 2 heterocycles. The number of amides is 3. The summed E-state index contributed by atoms with van der Waals surface area (Å²) in [5, 5.41) is 0. The number of sulfonamides is 1. The first-order chi connectivity index (χ1) is 11.4. The van der Waals surface area contributed by atoms with Gasteiger partial charge in [0, 0.05) is 26.2 Å². The molecule has 1 aromatic carbocycles. The minimum absolute atomic E-state index is 0.0444. The van der Waals surface area contributed by atoms with Crippen LogP contribution in [-0.2, 0) is 14.8 Å². The normalized spacial score (nSPS) is 22.0. The Morgan fingerprint density at radius 2 is 1.88 bits per heavy atom. The van der Waals surface area contributed by atoms with Crippen molar-refractivity contribution >= 4 is 22.0 Å². The van der Waals surface area contributed by atoms with Crippen LogP contribution in [0.1, 0.15) is 0 Å². The summed E-state index contributed by atoms with van der Waals surface area (Å²) in [4.78, 5) is 26.9. The van der Waals surface area contributed by atoms with Gasteiger partial charge in [0.2, 0.25) is 10.0 Å². The third kappa shape index (κ3) is 2.59. The molecule has 2 fully saturated rings. The molecule has 3 rings (SSSR count). The van der Waals surface area contributed by atoms with Gasteiger partial charge in [-0.25, -0.2) is 17.6 Å². The number of halogens is 1. The number of benzene rings is 1. The maximum atomic E-state index is 13.0. The molecule has 2 aliphatic heterocycles. The lowest BCUT2D eigenvalue weighted by Gasteiger charge is -2.34. The van der Waals surface area contributed by atoms with E-state index in [1.54, 1.807) is 0 Å². The summed E-state index contributed by atoms with van der Waals surface area (Å²) in [6.45, 7) is 3.70. The van der Waals surface area contributed by atoms with Gasteiger partial charge in [0.1, 0.15) is 11.9 Å². The van der Waals surface area contributed by atoms with Crippen LogP contribution in [0.2, 0.25) is 0 Å². The van der Waals surface area contributed by atoms with E-state index in [1.807, 2.05) is 0 Å². The maximum absolute atomic E-state index is 13.0. The molecule has 0 bridgehead atoms. The lowest BCUT2D eigenvalue weighted by molar-refractivity contribution is -0.128. The van der Waals surface area contributed by atoms with Crippen LogP contribution in [0.4, 0.5) is 9.18 Å². The Labute approximate surface area is 139 Å². The standard InChI is InChI=1S/C15H16FN3O4S/c1-2-7-19-14(20)13-10-17(8-9-18(13)15(19)21)24(22,23)12-5-3-11(16)4-6-12/h2-6,13H,1,7-10H2/t13-/m1/s1. The number of hydrogen-bond acceptors (Lipinski definition) is 4. The second-order valence-corrected chi connectivity index (χ2v) is 7.48. The summed E-state index contributed by atoms with van der Waals surface area (Å²) in [5.41, 5.74) is 0. The maximum Gasteiger partial charge on any atom is 0.327 e. The SMILES string of the molecule is C=CCN1C(=O)[C@H]2CN(S(=O)(=O)c3ccc(F)cc3)CCN2C1=O. The van der Waals surface area contributed by atoms with Crippen molar-refractivity contribution in [3.8, 4) is 0 Å². The van der Waals surface area contributed by atoms with Crippen molar-refractivity contribution < 1.29 is 22.4 Å². The number of imide groups is 1. The molecule has 0 radical (unpaired) electrons. The fourth-order valence-corrected chi connectivity index (χ4v) is 4.34. The lowest BCUT2D eigenvalue weighted by Crippen LogP contribution is -2.54. The number of fused-ring (bicyclic) bond motifs is 1. The summed E-state index contributed by atoms with van der Waals surface area (Å²) >= 11 is 0. The van der Waals surface area contributed by atoms with Crippen molar-refractivity contribution in [3.63, 3.8) is 0 Å². The Kier molecular flexibility index (Phi) is 4.14. The molecule has 9 heteroatoms. The molecule has 128 valence electrons. The Morgan fingerprint density at radius 1 is 1.21 bits per heavy atom. The highest BCUT2D eigenvalue weighted by molar-refractivity contribution is 7.89. The van der Waals surface area contributed by atoms with Gasteiger partial charge in [0.15, 0.2) is 0 Å². The van der Waals surface area contributed by atoms with E-state index >= 15 is 0 Å². The van der Waals surface area contributed by atoms with Gasteiger partial charge < -0.3 is 4.90 Å². The zero-order valence-electron chi connectivity index (χ0n) is 12.8. The molecular formula is C15H16FN3O4S. The molecule has 1 aromatic rings. The van der Waals surface area contributed by atoms with Crippen molar-refractivity contribution in [3.05, 3.63) is 42.7 Å². The first kappa shape index (κ1) is 16.6. The average molecular weight is 353 g/mol. The molecule has 1 atom stereocenters. The van der Waals surface area contributed by atoms with E-state index in [0.29, 0.717) is 0 Å². The van der Waals surface area contributed by atoms with Gasteiger partial charge in [-0.05, 0) is 24.3 Å². The van der Waals surface area contributed by atoms with Crippen LogP contribution in [0.25, 0.3) is 0 Å². The van der Waals surface area contributed by atoms with Crippen molar-refractivity contribution in [2.45, 2.75) is 10.9 Å². The van der Waals surface area contributed by atoms with Gasteiger partial charge >= 0.3 is 6.03 Å². The number of hydrogen-bond donors (Lipinski definition) is 0. The van der Waals surface area contributed by atoms with E-state index in [4.69, 9.17) is 0 Å². The minimum atomic E-state index is -3.85. The average Bonchev–Trinajstić information content (AvgIpc) is 2.80. The molecule has 3 amide bonds. The number of carbonyl (C=O) groups is 2. The van der Waals surface area contributed by atoms with Gasteiger partial charge in [0.05, 0.1) is 4.90 Å². The summed E-state index contributed by atoms with van der Waals surface area (Å²) in [6.07, 6.45) is 1.45. The molecule has 24 heavy (non-hydrogen) atoms. The predicted octanol–water partition coefficient (Wildman–Crippen LogP) is 0.649. The molecule has 0 saturated carbocycles. The zero-order valence-corrected chi connectivity index (χ0v) is 13.6. The number of piperazine rings is 1. The van der Waals surface area contributed by atoms with E-state index in [0.717, 1.165) is 21.3 Å². The van der Waals surface area contributed by atoms with Crippen LogP contribution >= 0.6 is 0 Å². The van der Waals surface area contributed by atoms with Crippen molar-refractivity contribution in [2.24, 2.45) is 0 Å². The molecule has 0 aliphatic carbocycles. The van der Waals surface area contributed by atoms with E-state index in [1.165, 1.54) is 23.1 Å². The van der Waals surface area contributed by atoms with Crippen LogP contribution in [0.5, 0.6) is 0 Å². The predicted molar refractivity (Wildman–Crippen MR) is 83.0 cm³/mol. The fraction of sp³-hybridized carbons (Fsp3) is 0.333. The smallest absolute Gasteiger partial charge is 0.310 e. The van der Waals surface area contributed by atoms with Crippen LogP contribution in [-0.4, -0.2) is 66.7 Å². The molecule has 0 N–H and O–H groups in total. The summed E-state index contributed by atoms with van der Waals surface area (Å²) in [6, 6.07) is 3.24. The van der Waals surface area contributed by atoms with E-state index in [9.17, 15) is 22.4 Å². The second kappa shape index (κ2) is 5.99. The van der Waals surface area contributed by atoms with E-state index in [2.05, 4.69) is 6.58 Å². The number of rotatable bonds is 4. The second-order valence-electron chi connectivity index (χ2n) is 5.55. The largest absolute Gasteiger partial charge is 0.327 e. The van der Waals surface area contributed by atoms with Crippen LogP contribution < -0.4 is 0 Å². The number of urea groups is 1. The zero-order chi connectivity index (χ0) is 17.5. The summed E-state index contributed by atoms with van der Waals surface area (Å²) in [5.74, 6) is -0.964. The monoisotopic (exact) mass is 353 g/mol. The Bertz CT molecular complexity index is 793. The lowest BCUT2D eigenvalue weighted by atomic mass is 10.2.